The predicted octanol–water partition coefficient (Wildman–Crippen LogP) is 2.03. The van der Waals surface area contributed by atoms with Gasteiger partial charge in [0.15, 0.2) is 5.76 Å². The van der Waals surface area contributed by atoms with E-state index in [0.717, 1.165) is 31.6 Å². The van der Waals surface area contributed by atoms with Crippen molar-refractivity contribution in [2.45, 2.75) is 18.8 Å². The van der Waals surface area contributed by atoms with Crippen molar-refractivity contribution >= 4 is 5.91 Å². The van der Waals surface area contributed by atoms with Crippen molar-refractivity contribution in [2.24, 2.45) is 7.05 Å². The minimum absolute atomic E-state index is 0.0226. The largest absolute Gasteiger partial charge is 0.459 e. The number of carbonyl (C=O) groups excluding carboxylic acids is 1. The average molecular weight is 259 g/mol. The molecule has 0 radical (unpaired) electrons. The third-order valence-corrected chi connectivity index (χ3v) is 3.59. The van der Waals surface area contributed by atoms with E-state index in [1.807, 2.05) is 28.9 Å². The van der Waals surface area contributed by atoms with Crippen molar-refractivity contribution in [1.82, 2.24) is 14.7 Å². The van der Waals surface area contributed by atoms with E-state index < -0.39 is 0 Å². The molecule has 1 fully saturated rings. The van der Waals surface area contributed by atoms with E-state index in [2.05, 4.69) is 5.10 Å². The van der Waals surface area contributed by atoms with Gasteiger partial charge in [-0.25, -0.2) is 0 Å². The first kappa shape index (κ1) is 12.0. The van der Waals surface area contributed by atoms with E-state index in [1.165, 1.54) is 6.26 Å². The highest BCUT2D eigenvalue weighted by Gasteiger charge is 2.27. The van der Waals surface area contributed by atoms with Gasteiger partial charge in [0.05, 0.1) is 12.0 Å². The summed E-state index contributed by atoms with van der Waals surface area (Å²) in [4.78, 5) is 14.1. The molecular weight excluding hydrogens is 242 g/mol. The van der Waals surface area contributed by atoms with Crippen molar-refractivity contribution in [2.75, 3.05) is 13.1 Å². The van der Waals surface area contributed by atoms with Crippen molar-refractivity contribution in [3.05, 3.63) is 42.1 Å². The highest BCUT2D eigenvalue weighted by atomic mass is 16.3. The molecule has 0 spiro atoms. The highest BCUT2D eigenvalue weighted by molar-refractivity contribution is 5.91. The lowest BCUT2D eigenvalue weighted by Gasteiger charge is -2.31. The fraction of sp³-hybridized carbons (Fsp3) is 0.429. The highest BCUT2D eigenvalue weighted by Crippen LogP contribution is 2.26. The van der Waals surface area contributed by atoms with Crippen LogP contribution in [0.5, 0.6) is 0 Å². The summed E-state index contributed by atoms with van der Waals surface area (Å²) < 4.78 is 6.99. The van der Waals surface area contributed by atoms with Crippen LogP contribution in [0.3, 0.4) is 0 Å². The number of carbonyl (C=O) groups is 1. The predicted molar refractivity (Wildman–Crippen MR) is 69.8 cm³/mol. The fourth-order valence-corrected chi connectivity index (χ4v) is 2.61. The molecule has 0 bridgehead atoms. The second-order valence-electron chi connectivity index (χ2n) is 4.98. The first-order valence-electron chi connectivity index (χ1n) is 6.56. The van der Waals surface area contributed by atoms with Gasteiger partial charge in [0.25, 0.3) is 5.91 Å². The SMILES string of the molecule is Cn1ccc([C@H]2CCCN(C(=O)c3ccco3)C2)n1. The van der Waals surface area contributed by atoms with Crippen molar-refractivity contribution < 1.29 is 9.21 Å². The summed E-state index contributed by atoms with van der Waals surface area (Å²) in [6, 6.07) is 5.49. The molecule has 0 unspecified atom stereocenters. The normalized spacial score (nSPS) is 19.6. The van der Waals surface area contributed by atoms with Gasteiger partial charge in [-0.05, 0) is 31.0 Å². The van der Waals surface area contributed by atoms with Crippen molar-refractivity contribution in [3.8, 4) is 0 Å². The molecule has 100 valence electrons. The Morgan fingerprint density at radius 2 is 2.37 bits per heavy atom. The molecule has 1 aliphatic rings. The van der Waals surface area contributed by atoms with Crippen LogP contribution in [0.2, 0.25) is 0 Å². The number of aromatic nitrogens is 2. The second-order valence-corrected chi connectivity index (χ2v) is 4.98. The molecule has 2 aromatic heterocycles. The smallest absolute Gasteiger partial charge is 0.289 e. The maximum atomic E-state index is 12.2. The number of aryl methyl sites for hydroxylation is 1. The first-order valence-corrected chi connectivity index (χ1v) is 6.56. The minimum atomic E-state index is -0.0226. The lowest BCUT2D eigenvalue weighted by atomic mass is 9.95. The number of furan rings is 1. The number of nitrogens with zero attached hydrogens (tertiary/aromatic N) is 3. The Morgan fingerprint density at radius 3 is 3.05 bits per heavy atom. The third-order valence-electron chi connectivity index (χ3n) is 3.59. The quantitative estimate of drug-likeness (QED) is 0.829. The van der Waals surface area contributed by atoms with E-state index >= 15 is 0 Å². The number of piperidine rings is 1. The topological polar surface area (TPSA) is 51.3 Å². The summed E-state index contributed by atoms with van der Waals surface area (Å²) in [6.45, 7) is 1.51. The molecule has 2 aromatic rings. The maximum Gasteiger partial charge on any atom is 0.289 e. The molecule has 0 N–H and O–H groups in total. The third kappa shape index (κ3) is 2.41. The molecule has 5 heteroatoms. The van der Waals surface area contributed by atoms with Crippen LogP contribution in [-0.4, -0.2) is 33.7 Å². The van der Waals surface area contributed by atoms with Crippen molar-refractivity contribution in [3.63, 3.8) is 0 Å². The van der Waals surface area contributed by atoms with Gasteiger partial charge in [-0.15, -0.1) is 0 Å². The van der Waals surface area contributed by atoms with Gasteiger partial charge in [-0.3, -0.25) is 9.48 Å². The van der Waals surface area contributed by atoms with Gasteiger partial charge in [0.2, 0.25) is 0 Å². The molecule has 0 saturated carbocycles. The average Bonchev–Trinajstić information content (AvgIpc) is 3.09. The molecule has 1 atom stereocenters. The molecule has 1 amide bonds. The lowest BCUT2D eigenvalue weighted by molar-refractivity contribution is 0.0673. The number of hydrogen-bond acceptors (Lipinski definition) is 3. The molecule has 5 nitrogen and oxygen atoms in total. The minimum Gasteiger partial charge on any atom is -0.459 e. The monoisotopic (exact) mass is 259 g/mol. The van der Waals surface area contributed by atoms with Gasteiger partial charge >= 0.3 is 0 Å². The molecule has 3 rings (SSSR count). The summed E-state index contributed by atoms with van der Waals surface area (Å²) in [5, 5.41) is 4.45. The van der Waals surface area contributed by atoms with E-state index in [0.29, 0.717) is 11.7 Å². The van der Waals surface area contributed by atoms with Crippen LogP contribution >= 0.6 is 0 Å². The van der Waals surface area contributed by atoms with Crippen LogP contribution in [0, 0.1) is 0 Å². The zero-order valence-electron chi connectivity index (χ0n) is 11.0. The van der Waals surface area contributed by atoms with Gasteiger partial charge < -0.3 is 9.32 Å². The van der Waals surface area contributed by atoms with Gasteiger partial charge in [0, 0.05) is 32.3 Å². The molecule has 19 heavy (non-hydrogen) atoms. The number of likely N-dealkylation sites (tertiary alicyclic amines) is 1. The number of rotatable bonds is 2. The Hall–Kier alpha value is -2.04. The van der Waals surface area contributed by atoms with Crippen LogP contribution in [0.4, 0.5) is 0 Å². The van der Waals surface area contributed by atoms with E-state index in [9.17, 15) is 4.79 Å². The van der Waals surface area contributed by atoms with E-state index in [-0.39, 0.29) is 5.91 Å². The Bertz CT molecular complexity index is 559. The Morgan fingerprint density at radius 1 is 1.47 bits per heavy atom. The summed E-state index contributed by atoms with van der Waals surface area (Å²) in [5.41, 5.74) is 1.07. The van der Waals surface area contributed by atoms with Crippen LogP contribution in [0.25, 0.3) is 0 Å². The Kier molecular flexibility index (Phi) is 3.11. The number of amides is 1. The van der Waals surface area contributed by atoms with E-state index in [4.69, 9.17) is 4.42 Å². The zero-order chi connectivity index (χ0) is 13.2. The summed E-state index contributed by atoms with van der Waals surface area (Å²) in [7, 11) is 1.91. The summed E-state index contributed by atoms with van der Waals surface area (Å²) in [6.07, 6.45) is 5.57. The Labute approximate surface area is 111 Å². The molecule has 0 aromatic carbocycles. The first-order chi connectivity index (χ1) is 9.24. The fourth-order valence-electron chi connectivity index (χ4n) is 2.61. The standard InChI is InChI=1S/C14H17N3O2/c1-16-8-6-12(15-16)11-4-2-7-17(10-11)14(18)13-5-3-9-19-13/h3,5-6,8-9,11H,2,4,7,10H2,1H3/t11-/m0/s1. The summed E-state index contributed by atoms with van der Waals surface area (Å²) in [5.74, 6) is 0.723. The van der Waals surface area contributed by atoms with Crippen LogP contribution < -0.4 is 0 Å². The van der Waals surface area contributed by atoms with Gasteiger partial charge in [0.1, 0.15) is 0 Å². The molecule has 1 aliphatic heterocycles. The maximum absolute atomic E-state index is 12.2. The number of hydrogen-bond donors (Lipinski definition) is 0. The molecular formula is C14H17N3O2. The molecule has 3 heterocycles. The summed E-state index contributed by atoms with van der Waals surface area (Å²) >= 11 is 0. The van der Waals surface area contributed by atoms with Gasteiger partial charge in [-0.2, -0.15) is 5.10 Å². The van der Waals surface area contributed by atoms with Crippen LogP contribution in [0.1, 0.15) is 35.0 Å². The van der Waals surface area contributed by atoms with Crippen LogP contribution in [0.15, 0.2) is 35.1 Å². The van der Waals surface area contributed by atoms with Crippen molar-refractivity contribution in [1.29, 1.82) is 0 Å². The molecule has 1 saturated heterocycles. The molecule has 0 aliphatic carbocycles. The zero-order valence-corrected chi connectivity index (χ0v) is 11.0. The van der Waals surface area contributed by atoms with Gasteiger partial charge in [-0.1, -0.05) is 0 Å². The lowest BCUT2D eigenvalue weighted by Crippen LogP contribution is -2.39. The van der Waals surface area contributed by atoms with Crippen LogP contribution in [-0.2, 0) is 7.05 Å². The second kappa shape index (κ2) is 4.91. The Balaban J connectivity index is 1.73. The van der Waals surface area contributed by atoms with E-state index in [1.54, 1.807) is 12.1 Å².